The van der Waals surface area contributed by atoms with Crippen LogP contribution in [0.5, 0.6) is 0 Å². The number of rotatable bonds is 11. The average Bonchev–Trinajstić information content (AvgIpc) is 2.57. The van der Waals surface area contributed by atoms with E-state index in [2.05, 4.69) is 22.9 Å². The Bertz CT molecular complexity index is 130. The van der Waals surface area contributed by atoms with Gasteiger partial charge in [0.05, 0.1) is 13.2 Å². The van der Waals surface area contributed by atoms with Crippen molar-refractivity contribution >= 4 is 0 Å². The summed E-state index contributed by atoms with van der Waals surface area (Å²) in [5, 5.41) is 25.2. The second kappa shape index (κ2) is 42.9. The van der Waals surface area contributed by atoms with Crippen LogP contribution in [0.2, 0.25) is 0 Å². The van der Waals surface area contributed by atoms with Crippen LogP contribution in [0.25, 0.3) is 0 Å². The number of hydrogen-bond donors (Lipinski definition) is 8. The summed E-state index contributed by atoms with van der Waals surface area (Å²) in [7, 11) is 0. The maximum absolute atomic E-state index is 8.25. The first-order valence-electron chi connectivity index (χ1n) is 7.18. The summed E-state index contributed by atoms with van der Waals surface area (Å²) >= 11 is 0.750. The molecule has 11 N–H and O–H groups in total. The summed E-state index contributed by atoms with van der Waals surface area (Å²) in [6.45, 7) is 10.5. The van der Waals surface area contributed by atoms with Crippen LogP contribution in [0.15, 0.2) is 0 Å². The third-order valence-corrected chi connectivity index (χ3v) is 1.72. The van der Waals surface area contributed by atoms with Gasteiger partial charge in [-0.25, -0.2) is 0 Å². The summed E-state index contributed by atoms with van der Waals surface area (Å²) in [6.07, 6.45) is 0. The first-order chi connectivity index (χ1) is 10.7. The molecule has 0 heterocycles. The molecule has 0 saturated heterocycles. The van der Waals surface area contributed by atoms with E-state index < -0.39 is 0 Å². The van der Waals surface area contributed by atoms with Gasteiger partial charge in [-0.3, -0.25) is 0 Å². The van der Waals surface area contributed by atoms with Crippen molar-refractivity contribution < 1.29 is 33.9 Å². The maximum atomic E-state index is 8.25. The number of aliphatic hydroxyl groups is 2. The zero-order valence-electron chi connectivity index (χ0n) is 13.5. The van der Waals surface area contributed by atoms with Crippen LogP contribution in [0, 0.1) is 6.92 Å². The van der Waals surface area contributed by atoms with Crippen LogP contribution < -0.4 is 33.2 Å². The van der Waals surface area contributed by atoms with Gasteiger partial charge in [0.25, 0.3) is 0 Å². The molecular formula is C12H35N6O3Ti. The molecule has 0 bridgehead atoms. The summed E-state index contributed by atoms with van der Waals surface area (Å²) in [5.74, 6) is 0. The molecule has 135 valence electrons. The number of nitrogens with one attached hydrogen (secondary N) is 3. The molecular weight excluding hydrogens is 324 g/mol. The van der Waals surface area contributed by atoms with Gasteiger partial charge in [0, 0.05) is 52.4 Å². The molecule has 22 heavy (non-hydrogen) atoms. The fraction of sp³-hybridized carbons (Fsp3) is 0.917. The summed E-state index contributed by atoms with van der Waals surface area (Å²) < 4.78 is 8.25. The Morgan fingerprint density at radius 3 is 1.23 bits per heavy atom. The van der Waals surface area contributed by atoms with Gasteiger partial charge in [-0.1, -0.05) is 0 Å². The average molecular weight is 359 g/mol. The summed E-state index contributed by atoms with van der Waals surface area (Å²) in [4.78, 5) is 0. The fourth-order valence-corrected chi connectivity index (χ4v) is 0.839. The second-order valence-corrected chi connectivity index (χ2v) is 3.56. The van der Waals surface area contributed by atoms with Gasteiger partial charge in [-0.05, 0) is 0 Å². The monoisotopic (exact) mass is 359 g/mol. The first kappa shape index (κ1) is 30.1. The second-order valence-electron chi connectivity index (χ2n) is 3.56. The van der Waals surface area contributed by atoms with Gasteiger partial charge in [0.2, 0.25) is 0 Å². The van der Waals surface area contributed by atoms with Gasteiger partial charge in [-0.2, -0.15) is 0 Å². The van der Waals surface area contributed by atoms with Crippen molar-refractivity contribution in [3.05, 3.63) is 6.92 Å². The third-order valence-electron chi connectivity index (χ3n) is 1.72. The Balaban J connectivity index is -0.000000105. The first-order valence-corrected chi connectivity index (χ1v) is 7.82. The van der Waals surface area contributed by atoms with E-state index in [0.717, 1.165) is 46.6 Å². The minimum atomic E-state index is 0.194. The summed E-state index contributed by atoms with van der Waals surface area (Å²) in [6, 6.07) is 0. The molecule has 0 radical (unpaired) electrons. The zero-order valence-corrected chi connectivity index (χ0v) is 15.1. The van der Waals surface area contributed by atoms with Crippen molar-refractivity contribution in [3.63, 3.8) is 0 Å². The number of aliphatic hydroxyl groups excluding tert-OH is 2. The van der Waals surface area contributed by atoms with Gasteiger partial charge >= 0.3 is 23.7 Å². The Morgan fingerprint density at radius 1 is 0.727 bits per heavy atom. The molecule has 0 aromatic carbocycles. The molecule has 0 spiro atoms. The molecule has 0 rings (SSSR count). The van der Waals surface area contributed by atoms with Crippen LogP contribution in [-0.4, -0.2) is 82.3 Å². The van der Waals surface area contributed by atoms with E-state index in [1.54, 1.807) is 0 Å². The molecule has 0 aliphatic heterocycles. The summed E-state index contributed by atoms with van der Waals surface area (Å²) in [5.41, 5.74) is 15.4. The minimum absolute atomic E-state index is 0.194. The Kier molecular flexibility index (Phi) is 58.7. The van der Waals surface area contributed by atoms with Gasteiger partial charge in [0.1, 0.15) is 0 Å². The molecule has 0 aromatic heterocycles. The van der Waals surface area contributed by atoms with Crippen molar-refractivity contribution in [2.24, 2.45) is 17.2 Å². The van der Waals surface area contributed by atoms with Crippen molar-refractivity contribution in [1.82, 2.24) is 16.0 Å². The topological polar surface area (TPSA) is 172 Å². The van der Waals surface area contributed by atoms with Crippen molar-refractivity contribution in [1.29, 1.82) is 0 Å². The van der Waals surface area contributed by atoms with Gasteiger partial charge in [-0.15, -0.1) is 6.54 Å². The van der Waals surface area contributed by atoms with Crippen molar-refractivity contribution in [2.75, 3.05) is 72.1 Å². The van der Waals surface area contributed by atoms with E-state index in [1.807, 2.05) is 0 Å². The number of hydrogen-bond acceptors (Lipinski definition) is 9. The van der Waals surface area contributed by atoms with Crippen LogP contribution in [0.4, 0.5) is 0 Å². The van der Waals surface area contributed by atoms with E-state index >= 15 is 0 Å². The molecule has 0 amide bonds. The predicted molar refractivity (Wildman–Crippen MR) is 86.0 cm³/mol. The zero-order chi connectivity index (χ0) is 17.9. The Morgan fingerprint density at radius 2 is 1.05 bits per heavy atom. The number of nitrogens with two attached hydrogens (primary N) is 3. The van der Waals surface area contributed by atoms with Gasteiger partial charge < -0.3 is 50.3 Å². The van der Waals surface area contributed by atoms with Crippen LogP contribution in [0.3, 0.4) is 0 Å². The van der Waals surface area contributed by atoms with Crippen LogP contribution in [-0.2, 0) is 23.7 Å². The predicted octanol–water partition coefficient (Wildman–Crippen LogP) is -3.70. The SMILES string of the molecule is NCCNCCO.NCCNCCO.[CH2-]CNCCN.[O]=[Ti+]. The molecule has 0 unspecified atom stereocenters. The Labute approximate surface area is 146 Å². The third kappa shape index (κ3) is 59.4. The van der Waals surface area contributed by atoms with E-state index in [9.17, 15) is 0 Å². The van der Waals surface area contributed by atoms with E-state index in [0.29, 0.717) is 32.7 Å². The molecule has 0 aliphatic carbocycles. The normalized spacial score (nSPS) is 8.73. The molecule has 0 fully saturated rings. The van der Waals surface area contributed by atoms with Gasteiger partial charge in [0.15, 0.2) is 0 Å². The molecule has 10 heteroatoms. The molecule has 0 aliphatic rings. The molecule has 9 nitrogen and oxygen atoms in total. The Hall–Kier alpha value is 0.194. The molecule has 0 aromatic rings. The standard InChI is InChI=1S/2C4H12N2O.C4H11N2.O.Ti/c2*5-1-2-6-3-4-7;1-2-6-4-3-5;;/h2*6-7H,1-5H2;6H,1-5H2;;/q;;-1;;+1. The van der Waals surface area contributed by atoms with E-state index in [1.165, 1.54) is 0 Å². The fourth-order valence-electron chi connectivity index (χ4n) is 0.839. The van der Waals surface area contributed by atoms with E-state index in [-0.39, 0.29) is 13.2 Å². The van der Waals surface area contributed by atoms with Crippen molar-refractivity contribution in [3.8, 4) is 0 Å². The van der Waals surface area contributed by atoms with Crippen LogP contribution in [0.1, 0.15) is 0 Å². The quantitative estimate of drug-likeness (QED) is 0.105. The van der Waals surface area contributed by atoms with Crippen molar-refractivity contribution in [2.45, 2.75) is 0 Å². The molecule has 0 saturated carbocycles. The van der Waals surface area contributed by atoms with E-state index in [4.69, 9.17) is 30.7 Å². The van der Waals surface area contributed by atoms with Crippen LogP contribution >= 0.6 is 0 Å². The molecule has 0 atom stereocenters.